The zero-order valence-electron chi connectivity index (χ0n) is 14.6. The Labute approximate surface area is 142 Å². The Morgan fingerprint density at radius 2 is 2.25 bits per heavy atom. The Morgan fingerprint density at radius 3 is 2.88 bits per heavy atom. The van der Waals surface area contributed by atoms with Gasteiger partial charge in [-0.05, 0) is 25.3 Å². The van der Waals surface area contributed by atoms with E-state index in [0.29, 0.717) is 13.0 Å². The quantitative estimate of drug-likeness (QED) is 0.371. The molecule has 5 nitrogen and oxygen atoms in total. The van der Waals surface area contributed by atoms with E-state index >= 15 is 0 Å². The summed E-state index contributed by atoms with van der Waals surface area (Å²) in [7, 11) is 0. The van der Waals surface area contributed by atoms with Gasteiger partial charge in [-0.25, -0.2) is 4.79 Å². The molecule has 2 aliphatic heterocycles. The van der Waals surface area contributed by atoms with Crippen molar-refractivity contribution in [3.05, 3.63) is 23.8 Å². The lowest BCUT2D eigenvalue weighted by molar-refractivity contribution is -0.209. The largest absolute Gasteiger partial charge is 0.458 e. The van der Waals surface area contributed by atoms with Crippen LogP contribution in [-0.2, 0) is 19.0 Å². The normalized spacial score (nSPS) is 49.2. The molecule has 3 fully saturated rings. The highest BCUT2D eigenvalue weighted by molar-refractivity contribution is 5.82. The smallest absolute Gasteiger partial charge is 0.330 e. The third-order valence-electron chi connectivity index (χ3n) is 7.17. The molecule has 0 aromatic rings. The first-order valence-electron chi connectivity index (χ1n) is 8.84. The van der Waals surface area contributed by atoms with Gasteiger partial charge in [-0.2, -0.15) is 0 Å². The maximum absolute atomic E-state index is 12.1. The number of ether oxygens (including phenoxy) is 3. The second kappa shape index (κ2) is 5.16. The summed E-state index contributed by atoms with van der Waals surface area (Å²) in [4.78, 5) is 12.1. The van der Waals surface area contributed by atoms with Gasteiger partial charge < -0.3 is 19.3 Å². The number of rotatable bonds is 3. The number of hydrogen-bond acceptors (Lipinski definition) is 5. The molecular weight excluding hydrogens is 308 g/mol. The average molecular weight is 334 g/mol. The molecule has 24 heavy (non-hydrogen) atoms. The van der Waals surface area contributed by atoms with E-state index in [-0.39, 0.29) is 47.3 Å². The van der Waals surface area contributed by atoms with E-state index in [4.69, 9.17) is 14.2 Å². The van der Waals surface area contributed by atoms with Crippen LogP contribution in [0.4, 0.5) is 0 Å². The zero-order chi connectivity index (χ0) is 17.2. The number of carbonyl (C=O) groups is 1. The molecule has 0 unspecified atom stereocenters. The maximum atomic E-state index is 12.1. The minimum atomic E-state index is -0.330. The van der Waals surface area contributed by atoms with E-state index < -0.39 is 0 Å². The van der Waals surface area contributed by atoms with Crippen molar-refractivity contribution in [1.82, 2.24) is 0 Å². The molecular formula is C19H26O5. The summed E-state index contributed by atoms with van der Waals surface area (Å²) in [6.07, 6.45) is 7.34. The van der Waals surface area contributed by atoms with E-state index in [0.717, 1.165) is 18.4 Å². The Balaban J connectivity index is 1.73. The lowest BCUT2D eigenvalue weighted by atomic mass is 9.52. The number of aliphatic hydroxyl groups is 1. The first-order valence-corrected chi connectivity index (χ1v) is 8.84. The molecule has 0 radical (unpaired) electrons. The number of hydrogen-bond donors (Lipinski definition) is 1. The van der Waals surface area contributed by atoms with E-state index in [1.54, 1.807) is 6.08 Å². The van der Waals surface area contributed by atoms with Crippen molar-refractivity contribution in [2.75, 3.05) is 13.2 Å². The molecule has 1 N–H and O–H groups in total. The van der Waals surface area contributed by atoms with Gasteiger partial charge in [0.1, 0.15) is 11.7 Å². The predicted molar refractivity (Wildman–Crippen MR) is 87.3 cm³/mol. The van der Waals surface area contributed by atoms with Crippen LogP contribution in [0.1, 0.15) is 40.0 Å². The molecule has 1 spiro atoms. The van der Waals surface area contributed by atoms with Gasteiger partial charge in [0.2, 0.25) is 0 Å². The van der Waals surface area contributed by atoms with E-state index in [1.165, 1.54) is 6.08 Å². The first-order chi connectivity index (χ1) is 11.4. The van der Waals surface area contributed by atoms with Crippen LogP contribution in [0.2, 0.25) is 0 Å². The Kier molecular flexibility index (Phi) is 3.51. The summed E-state index contributed by atoms with van der Waals surface area (Å²) in [5.74, 6) is -0.297. The Bertz CT molecular complexity index is 619. The zero-order valence-corrected chi connectivity index (χ0v) is 14.6. The van der Waals surface area contributed by atoms with Crippen molar-refractivity contribution < 1.29 is 24.1 Å². The van der Waals surface area contributed by atoms with Crippen LogP contribution in [0.15, 0.2) is 23.8 Å². The summed E-state index contributed by atoms with van der Waals surface area (Å²) in [5, 5.41) is 9.50. The van der Waals surface area contributed by atoms with Gasteiger partial charge in [-0.1, -0.05) is 26.0 Å². The predicted octanol–water partition coefficient (Wildman–Crippen LogP) is 2.14. The molecule has 6 atom stereocenters. The molecule has 2 aliphatic carbocycles. The third-order valence-corrected chi connectivity index (χ3v) is 7.17. The maximum Gasteiger partial charge on any atom is 0.330 e. The number of epoxide rings is 1. The van der Waals surface area contributed by atoms with Gasteiger partial charge in [0.15, 0.2) is 0 Å². The number of carbonyl (C=O) groups excluding carboxylic acids is 1. The van der Waals surface area contributed by atoms with Crippen molar-refractivity contribution in [1.29, 1.82) is 0 Å². The van der Waals surface area contributed by atoms with Gasteiger partial charge in [-0.15, -0.1) is 0 Å². The van der Waals surface area contributed by atoms with Gasteiger partial charge in [-0.3, -0.25) is 0 Å². The fourth-order valence-corrected chi connectivity index (χ4v) is 5.39. The fraction of sp³-hybridized carbons (Fsp3) is 0.737. The molecule has 4 rings (SSSR count). The highest BCUT2D eigenvalue weighted by Crippen LogP contribution is 2.71. The summed E-state index contributed by atoms with van der Waals surface area (Å²) >= 11 is 0. The third kappa shape index (κ3) is 1.83. The van der Waals surface area contributed by atoms with Crippen molar-refractivity contribution in [3.8, 4) is 0 Å². The van der Waals surface area contributed by atoms with Gasteiger partial charge >= 0.3 is 5.97 Å². The average Bonchev–Trinajstić information content (AvgIpc) is 3.32. The molecule has 132 valence electrons. The van der Waals surface area contributed by atoms with Gasteiger partial charge in [0.05, 0.1) is 25.4 Å². The second-order valence-corrected chi connectivity index (χ2v) is 7.99. The number of aliphatic hydroxyl groups excluding tert-OH is 1. The van der Waals surface area contributed by atoms with Crippen molar-refractivity contribution in [3.63, 3.8) is 0 Å². The van der Waals surface area contributed by atoms with E-state index in [1.807, 2.05) is 6.92 Å². The SMILES string of the molecule is C/C=C\C(=O)O[C@@H]1C[C@H]2O[C@@H]3C=C(CO)CC[C@]3(C)[C@]1(C)[C@]21CO1. The molecule has 0 aromatic carbocycles. The highest BCUT2D eigenvalue weighted by atomic mass is 16.6. The van der Waals surface area contributed by atoms with E-state index in [2.05, 4.69) is 19.9 Å². The summed E-state index contributed by atoms with van der Waals surface area (Å²) in [5.41, 5.74) is 0.234. The van der Waals surface area contributed by atoms with Crippen LogP contribution >= 0.6 is 0 Å². The monoisotopic (exact) mass is 334 g/mol. The highest BCUT2D eigenvalue weighted by Gasteiger charge is 2.81. The lowest BCUT2D eigenvalue weighted by Crippen LogP contribution is -2.63. The molecule has 1 saturated carbocycles. The molecule has 2 saturated heterocycles. The lowest BCUT2D eigenvalue weighted by Gasteiger charge is -2.57. The number of fused-ring (bicyclic) bond motifs is 2. The van der Waals surface area contributed by atoms with E-state index in [9.17, 15) is 9.90 Å². The Morgan fingerprint density at radius 1 is 1.50 bits per heavy atom. The van der Waals surface area contributed by atoms with Crippen LogP contribution in [-0.4, -0.2) is 48.2 Å². The number of allylic oxidation sites excluding steroid dienone is 1. The first kappa shape index (κ1) is 16.3. The van der Waals surface area contributed by atoms with Crippen molar-refractivity contribution in [2.45, 2.75) is 63.9 Å². The summed E-state index contributed by atoms with van der Waals surface area (Å²) in [6.45, 7) is 7.00. The van der Waals surface area contributed by atoms with Crippen LogP contribution < -0.4 is 0 Å². The topological polar surface area (TPSA) is 68.3 Å². The molecule has 5 heteroatoms. The van der Waals surface area contributed by atoms with Gasteiger partial charge in [0, 0.05) is 23.3 Å². The minimum Gasteiger partial charge on any atom is -0.458 e. The van der Waals surface area contributed by atoms with Crippen LogP contribution in [0.3, 0.4) is 0 Å². The van der Waals surface area contributed by atoms with Crippen molar-refractivity contribution in [2.24, 2.45) is 10.8 Å². The van der Waals surface area contributed by atoms with Crippen LogP contribution in [0.25, 0.3) is 0 Å². The van der Waals surface area contributed by atoms with Crippen LogP contribution in [0.5, 0.6) is 0 Å². The molecule has 2 bridgehead atoms. The number of esters is 1. The second-order valence-electron chi connectivity index (χ2n) is 7.99. The van der Waals surface area contributed by atoms with Crippen LogP contribution in [0, 0.1) is 10.8 Å². The minimum absolute atomic E-state index is 0.0572. The van der Waals surface area contributed by atoms with Crippen molar-refractivity contribution >= 4 is 5.97 Å². The fourth-order valence-electron chi connectivity index (χ4n) is 5.39. The molecule has 4 aliphatic rings. The summed E-state index contributed by atoms with van der Waals surface area (Å²) < 4.78 is 18.2. The molecule has 0 amide bonds. The summed E-state index contributed by atoms with van der Waals surface area (Å²) in [6, 6.07) is 0. The molecule has 0 aromatic heterocycles. The standard InChI is InChI=1S/C19H26O5/c1-4-5-16(21)24-14-9-15-19(11-22-19)18(14,3)17(2)7-6-12(10-20)8-13(17)23-15/h4-5,8,13-15,20H,6-7,9-11H2,1-3H3/b5-4-/t13-,14-,15-,17+,18-,19+/m1/s1. The Hall–Kier alpha value is -1.17. The van der Waals surface area contributed by atoms with Gasteiger partial charge in [0.25, 0.3) is 0 Å². The molecule has 2 heterocycles.